The average Bonchev–Trinajstić information content (AvgIpc) is 2.39. The molecule has 0 saturated carbocycles. The summed E-state index contributed by atoms with van der Waals surface area (Å²) in [5.74, 6) is 0.891. The second-order valence-corrected chi connectivity index (χ2v) is 2.62. The molecular formula is C10H12O. The maximum Gasteiger partial charge on any atom is 0.126 e. The average molecular weight is 148 g/mol. The van der Waals surface area contributed by atoms with Crippen LogP contribution < -0.4 is 0 Å². The van der Waals surface area contributed by atoms with E-state index in [0.717, 1.165) is 5.76 Å². The predicted octanol–water partition coefficient (Wildman–Crippen LogP) is 3.26. The summed E-state index contributed by atoms with van der Waals surface area (Å²) in [7, 11) is 0. The maximum absolute atomic E-state index is 5.10. The van der Waals surface area contributed by atoms with Crippen LogP contribution in [0.4, 0.5) is 0 Å². The quantitative estimate of drug-likeness (QED) is 0.587. The fourth-order valence-electron chi connectivity index (χ4n) is 0.721. The van der Waals surface area contributed by atoms with E-state index in [4.69, 9.17) is 4.42 Å². The molecule has 11 heavy (non-hydrogen) atoms. The molecule has 0 aliphatic carbocycles. The van der Waals surface area contributed by atoms with Gasteiger partial charge in [0.05, 0.1) is 6.26 Å². The highest BCUT2D eigenvalue weighted by molar-refractivity contribution is 5.44. The largest absolute Gasteiger partial charge is 0.465 e. The molecule has 1 rings (SSSR count). The predicted molar refractivity (Wildman–Crippen MR) is 47.2 cm³/mol. The lowest BCUT2D eigenvalue weighted by molar-refractivity contribution is 0.557. The summed E-state index contributed by atoms with van der Waals surface area (Å²) in [5.41, 5.74) is 1.29. The molecule has 0 saturated heterocycles. The Balaban J connectivity index is 2.56. The van der Waals surface area contributed by atoms with Crippen molar-refractivity contribution in [2.75, 3.05) is 0 Å². The van der Waals surface area contributed by atoms with Crippen LogP contribution in [0.1, 0.15) is 19.6 Å². The molecule has 0 fully saturated rings. The van der Waals surface area contributed by atoms with E-state index < -0.39 is 0 Å². The van der Waals surface area contributed by atoms with Gasteiger partial charge in [-0.25, -0.2) is 0 Å². The Morgan fingerprint density at radius 2 is 2.27 bits per heavy atom. The van der Waals surface area contributed by atoms with E-state index in [1.807, 2.05) is 30.4 Å². The monoisotopic (exact) mass is 148 g/mol. The summed E-state index contributed by atoms with van der Waals surface area (Å²) in [6.07, 6.45) is 7.63. The van der Waals surface area contributed by atoms with E-state index >= 15 is 0 Å². The summed E-state index contributed by atoms with van der Waals surface area (Å²) in [4.78, 5) is 0. The Morgan fingerprint density at radius 3 is 2.82 bits per heavy atom. The summed E-state index contributed by atoms with van der Waals surface area (Å²) in [6, 6.07) is 3.80. The molecule has 1 nitrogen and oxygen atoms in total. The maximum atomic E-state index is 5.10. The van der Waals surface area contributed by atoms with Crippen LogP contribution in [0.15, 0.2) is 40.5 Å². The van der Waals surface area contributed by atoms with Gasteiger partial charge in [-0.05, 0) is 32.1 Å². The summed E-state index contributed by atoms with van der Waals surface area (Å²) in [5, 5.41) is 0. The van der Waals surface area contributed by atoms with Crippen molar-refractivity contribution in [3.63, 3.8) is 0 Å². The number of furan rings is 1. The van der Waals surface area contributed by atoms with Gasteiger partial charge in [-0.15, -0.1) is 0 Å². The Kier molecular flexibility index (Phi) is 2.73. The fraction of sp³-hybridized carbons (Fsp3) is 0.200. The number of hydrogen-bond acceptors (Lipinski definition) is 1. The van der Waals surface area contributed by atoms with E-state index in [1.165, 1.54) is 5.57 Å². The van der Waals surface area contributed by atoms with E-state index in [1.54, 1.807) is 6.26 Å². The fourth-order valence-corrected chi connectivity index (χ4v) is 0.721. The highest BCUT2D eigenvalue weighted by atomic mass is 16.3. The van der Waals surface area contributed by atoms with Gasteiger partial charge in [-0.3, -0.25) is 0 Å². The number of hydrogen-bond donors (Lipinski definition) is 0. The summed E-state index contributed by atoms with van der Waals surface area (Å²) >= 11 is 0. The Hall–Kier alpha value is -1.24. The van der Waals surface area contributed by atoms with Crippen LogP contribution in [-0.4, -0.2) is 0 Å². The van der Waals surface area contributed by atoms with Crippen LogP contribution in [0.25, 0.3) is 6.08 Å². The molecule has 0 aromatic carbocycles. The minimum absolute atomic E-state index is 0.891. The van der Waals surface area contributed by atoms with Gasteiger partial charge >= 0.3 is 0 Å². The highest BCUT2D eigenvalue weighted by Crippen LogP contribution is 2.02. The third kappa shape index (κ3) is 2.89. The van der Waals surface area contributed by atoms with E-state index in [0.29, 0.717) is 0 Å². The zero-order chi connectivity index (χ0) is 8.10. The minimum Gasteiger partial charge on any atom is -0.465 e. The summed E-state index contributed by atoms with van der Waals surface area (Å²) < 4.78 is 5.10. The molecule has 0 atom stereocenters. The lowest BCUT2D eigenvalue weighted by Crippen LogP contribution is -1.61. The first-order chi connectivity index (χ1) is 5.29. The smallest absolute Gasteiger partial charge is 0.126 e. The molecule has 0 radical (unpaired) electrons. The van der Waals surface area contributed by atoms with Crippen molar-refractivity contribution in [2.24, 2.45) is 0 Å². The van der Waals surface area contributed by atoms with Gasteiger partial charge in [0.2, 0.25) is 0 Å². The molecule has 0 bridgehead atoms. The zero-order valence-corrected chi connectivity index (χ0v) is 6.87. The van der Waals surface area contributed by atoms with E-state index in [2.05, 4.69) is 13.8 Å². The second-order valence-electron chi connectivity index (χ2n) is 2.62. The number of rotatable bonds is 2. The van der Waals surface area contributed by atoms with Gasteiger partial charge in [0.25, 0.3) is 0 Å². The Bertz CT molecular complexity index is 248. The van der Waals surface area contributed by atoms with Gasteiger partial charge in [-0.2, -0.15) is 0 Å². The molecule has 0 spiro atoms. The molecule has 1 aromatic rings. The van der Waals surface area contributed by atoms with Gasteiger partial charge in [0.1, 0.15) is 5.76 Å². The standard InChI is InChI=1S/C10H12O/c1-9(2)5-3-6-10-7-4-8-11-10/h3-8H,1-2H3/b6-3+. The molecule has 0 aliphatic rings. The first-order valence-electron chi connectivity index (χ1n) is 3.64. The lowest BCUT2D eigenvalue weighted by atomic mass is 10.3. The second kappa shape index (κ2) is 3.81. The topological polar surface area (TPSA) is 13.1 Å². The van der Waals surface area contributed by atoms with Gasteiger partial charge in [-0.1, -0.05) is 17.7 Å². The summed E-state index contributed by atoms with van der Waals surface area (Å²) in [6.45, 7) is 4.12. The molecule has 58 valence electrons. The van der Waals surface area contributed by atoms with Gasteiger partial charge in [0, 0.05) is 0 Å². The van der Waals surface area contributed by atoms with Crippen molar-refractivity contribution in [3.8, 4) is 0 Å². The first-order valence-corrected chi connectivity index (χ1v) is 3.64. The number of allylic oxidation sites excluding steroid dienone is 3. The molecule has 1 heterocycles. The van der Waals surface area contributed by atoms with Crippen LogP contribution in [-0.2, 0) is 0 Å². The van der Waals surface area contributed by atoms with Crippen LogP contribution in [0.5, 0.6) is 0 Å². The molecule has 0 amide bonds. The lowest BCUT2D eigenvalue weighted by Gasteiger charge is -1.82. The van der Waals surface area contributed by atoms with Crippen LogP contribution >= 0.6 is 0 Å². The van der Waals surface area contributed by atoms with Crippen LogP contribution in [0.3, 0.4) is 0 Å². The molecular weight excluding hydrogens is 136 g/mol. The van der Waals surface area contributed by atoms with Gasteiger partial charge in [0.15, 0.2) is 0 Å². The van der Waals surface area contributed by atoms with Crippen molar-refractivity contribution >= 4 is 6.08 Å². The van der Waals surface area contributed by atoms with Crippen molar-refractivity contribution in [1.29, 1.82) is 0 Å². The third-order valence-corrected chi connectivity index (χ3v) is 1.23. The highest BCUT2D eigenvalue weighted by Gasteiger charge is 1.83. The zero-order valence-electron chi connectivity index (χ0n) is 6.87. The van der Waals surface area contributed by atoms with E-state index in [9.17, 15) is 0 Å². The normalized spacial score (nSPS) is 10.4. The van der Waals surface area contributed by atoms with Crippen molar-refractivity contribution in [2.45, 2.75) is 13.8 Å². The van der Waals surface area contributed by atoms with Gasteiger partial charge < -0.3 is 4.42 Å². The van der Waals surface area contributed by atoms with Crippen molar-refractivity contribution in [3.05, 3.63) is 41.9 Å². The molecule has 0 aliphatic heterocycles. The van der Waals surface area contributed by atoms with Crippen LogP contribution in [0.2, 0.25) is 0 Å². The van der Waals surface area contributed by atoms with Crippen molar-refractivity contribution in [1.82, 2.24) is 0 Å². The Morgan fingerprint density at radius 1 is 1.45 bits per heavy atom. The first kappa shape index (κ1) is 7.86. The SMILES string of the molecule is CC(C)=C/C=C/c1ccco1. The Labute approximate surface area is 67.0 Å². The van der Waals surface area contributed by atoms with E-state index in [-0.39, 0.29) is 0 Å². The van der Waals surface area contributed by atoms with Crippen molar-refractivity contribution < 1.29 is 4.42 Å². The third-order valence-electron chi connectivity index (χ3n) is 1.23. The molecule has 0 unspecified atom stereocenters. The molecule has 0 N–H and O–H groups in total. The molecule has 1 heteroatoms. The molecule has 1 aromatic heterocycles. The van der Waals surface area contributed by atoms with Crippen LogP contribution in [0, 0.1) is 0 Å². The minimum atomic E-state index is 0.891.